The van der Waals surface area contributed by atoms with Gasteiger partial charge < -0.3 is 10.6 Å². The Labute approximate surface area is 97.2 Å². The fourth-order valence-electron chi connectivity index (χ4n) is 1.47. The number of benzene rings is 1. The highest BCUT2D eigenvalue weighted by Crippen LogP contribution is 2.08. The van der Waals surface area contributed by atoms with E-state index in [1.165, 1.54) is 5.56 Å². The summed E-state index contributed by atoms with van der Waals surface area (Å²) in [5.74, 6) is 0.0405. The zero-order chi connectivity index (χ0) is 12.1. The summed E-state index contributed by atoms with van der Waals surface area (Å²) < 4.78 is 0. The molecule has 0 aliphatic heterocycles. The topological polar surface area (TPSA) is 46.3 Å². The number of nitrogens with two attached hydrogens (primary N) is 1. The predicted molar refractivity (Wildman–Crippen MR) is 66.4 cm³/mol. The summed E-state index contributed by atoms with van der Waals surface area (Å²) in [4.78, 5) is 13.2. The van der Waals surface area contributed by atoms with Gasteiger partial charge in [-0.05, 0) is 37.5 Å². The van der Waals surface area contributed by atoms with Gasteiger partial charge in [0.05, 0.1) is 0 Å². The molecule has 0 aliphatic carbocycles. The number of carbonyl (C=O) groups excluding carboxylic acids is 1. The lowest BCUT2D eigenvalue weighted by Crippen LogP contribution is -2.21. The fraction of sp³-hybridized carbons (Fsp3) is 0.462. The second-order valence-electron chi connectivity index (χ2n) is 4.41. The van der Waals surface area contributed by atoms with Crippen LogP contribution in [-0.2, 0) is 6.42 Å². The molecule has 1 amide bonds. The number of rotatable bonds is 4. The Morgan fingerprint density at radius 2 is 1.88 bits per heavy atom. The summed E-state index contributed by atoms with van der Waals surface area (Å²) in [6.07, 6.45) is 1.94. The smallest absolute Gasteiger partial charge is 0.253 e. The molecule has 16 heavy (non-hydrogen) atoms. The molecule has 1 unspecified atom stereocenters. The number of carbonyl (C=O) groups is 1. The largest absolute Gasteiger partial charge is 0.345 e. The lowest BCUT2D eigenvalue weighted by molar-refractivity contribution is 0.0827. The molecule has 1 atom stereocenters. The molecule has 0 fully saturated rings. The minimum Gasteiger partial charge on any atom is -0.345 e. The first-order valence-electron chi connectivity index (χ1n) is 5.57. The number of hydrogen-bond acceptors (Lipinski definition) is 2. The van der Waals surface area contributed by atoms with E-state index in [-0.39, 0.29) is 11.9 Å². The molecule has 88 valence electrons. The fourth-order valence-corrected chi connectivity index (χ4v) is 1.47. The Balaban J connectivity index is 2.64. The maximum absolute atomic E-state index is 11.6. The minimum atomic E-state index is 0.0405. The van der Waals surface area contributed by atoms with Gasteiger partial charge in [-0.25, -0.2) is 0 Å². The lowest BCUT2D eigenvalue weighted by atomic mass is 10.0. The van der Waals surface area contributed by atoms with Crippen molar-refractivity contribution in [3.05, 3.63) is 35.4 Å². The van der Waals surface area contributed by atoms with Gasteiger partial charge >= 0.3 is 0 Å². The van der Waals surface area contributed by atoms with Gasteiger partial charge in [0.1, 0.15) is 0 Å². The van der Waals surface area contributed by atoms with Crippen molar-refractivity contribution >= 4 is 5.91 Å². The van der Waals surface area contributed by atoms with E-state index in [0.717, 1.165) is 18.4 Å². The van der Waals surface area contributed by atoms with Crippen LogP contribution in [0.4, 0.5) is 0 Å². The van der Waals surface area contributed by atoms with Gasteiger partial charge in [0.25, 0.3) is 5.91 Å². The van der Waals surface area contributed by atoms with Gasteiger partial charge in [0, 0.05) is 25.7 Å². The predicted octanol–water partition coefficient (Wildman–Crippen LogP) is 1.67. The third-order valence-corrected chi connectivity index (χ3v) is 2.50. The monoisotopic (exact) mass is 220 g/mol. The van der Waals surface area contributed by atoms with Crippen LogP contribution in [0.15, 0.2) is 24.3 Å². The summed E-state index contributed by atoms with van der Waals surface area (Å²) in [7, 11) is 3.51. The van der Waals surface area contributed by atoms with Crippen LogP contribution in [0.2, 0.25) is 0 Å². The van der Waals surface area contributed by atoms with E-state index in [9.17, 15) is 4.79 Å². The van der Waals surface area contributed by atoms with Crippen LogP contribution >= 0.6 is 0 Å². The molecular formula is C13H20N2O. The van der Waals surface area contributed by atoms with E-state index in [2.05, 4.69) is 0 Å². The van der Waals surface area contributed by atoms with Gasteiger partial charge in [-0.2, -0.15) is 0 Å². The highest BCUT2D eigenvalue weighted by atomic mass is 16.2. The Kier molecular flexibility index (Phi) is 4.50. The summed E-state index contributed by atoms with van der Waals surface area (Å²) in [6.45, 7) is 2.00. The summed E-state index contributed by atoms with van der Waals surface area (Å²) in [6, 6.07) is 7.97. The van der Waals surface area contributed by atoms with E-state index in [0.29, 0.717) is 0 Å². The first-order valence-corrected chi connectivity index (χ1v) is 5.57. The summed E-state index contributed by atoms with van der Waals surface area (Å²) in [5.41, 5.74) is 7.66. The van der Waals surface area contributed by atoms with Crippen molar-refractivity contribution in [2.75, 3.05) is 14.1 Å². The van der Waals surface area contributed by atoms with Gasteiger partial charge in [-0.15, -0.1) is 0 Å². The van der Waals surface area contributed by atoms with E-state index in [1.807, 2.05) is 31.2 Å². The van der Waals surface area contributed by atoms with Crippen LogP contribution in [0, 0.1) is 0 Å². The second kappa shape index (κ2) is 5.66. The molecule has 0 saturated carbocycles. The zero-order valence-electron chi connectivity index (χ0n) is 10.2. The third kappa shape index (κ3) is 3.66. The van der Waals surface area contributed by atoms with Crippen molar-refractivity contribution in [1.82, 2.24) is 4.90 Å². The van der Waals surface area contributed by atoms with Gasteiger partial charge in [-0.1, -0.05) is 12.1 Å². The third-order valence-electron chi connectivity index (χ3n) is 2.50. The Morgan fingerprint density at radius 3 is 2.31 bits per heavy atom. The van der Waals surface area contributed by atoms with Crippen molar-refractivity contribution in [2.24, 2.45) is 5.73 Å². The van der Waals surface area contributed by atoms with Crippen molar-refractivity contribution in [3.8, 4) is 0 Å². The van der Waals surface area contributed by atoms with Crippen molar-refractivity contribution in [2.45, 2.75) is 25.8 Å². The molecular weight excluding hydrogens is 200 g/mol. The second-order valence-corrected chi connectivity index (χ2v) is 4.41. The van der Waals surface area contributed by atoms with Crippen LogP contribution in [0.1, 0.15) is 29.3 Å². The quantitative estimate of drug-likeness (QED) is 0.839. The van der Waals surface area contributed by atoms with Crippen LogP contribution in [0.25, 0.3) is 0 Å². The SMILES string of the molecule is CC(N)CCc1ccc(C(=O)N(C)C)cc1. The average molecular weight is 220 g/mol. The maximum atomic E-state index is 11.6. The van der Waals surface area contributed by atoms with E-state index >= 15 is 0 Å². The Hall–Kier alpha value is -1.35. The summed E-state index contributed by atoms with van der Waals surface area (Å²) >= 11 is 0. The van der Waals surface area contributed by atoms with Crippen LogP contribution in [0.5, 0.6) is 0 Å². The molecule has 1 aromatic rings. The molecule has 0 heterocycles. The molecule has 3 heteroatoms. The van der Waals surface area contributed by atoms with Crippen molar-refractivity contribution in [1.29, 1.82) is 0 Å². The van der Waals surface area contributed by atoms with E-state index < -0.39 is 0 Å². The van der Waals surface area contributed by atoms with Crippen molar-refractivity contribution in [3.63, 3.8) is 0 Å². The Bertz CT molecular complexity index is 341. The molecule has 0 spiro atoms. The zero-order valence-corrected chi connectivity index (χ0v) is 10.2. The number of hydrogen-bond donors (Lipinski definition) is 1. The molecule has 1 rings (SSSR count). The highest BCUT2D eigenvalue weighted by Gasteiger charge is 2.07. The van der Waals surface area contributed by atoms with E-state index in [4.69, 9.17) is 5.73 Å². The van der Waals surface area contributed by atoms with Crippen molar-refractivity contribution < 1.29 is 4.79 Å². The number of amides is 1. The molecule has 2 N–H and O–H groups in total. The molecule has 0 radical (unpaired) electrons. The maximum Gasteiger partial charge on any atom is 0.253 e. The van der Waals surface area contributed by atoms with E-state index in [1.54, 1.807) is 19.0 Å². The Morgan fingerprint density at radius 1 is 1.31 bits per heavy atom. The molecule has 0 bridgehead atoms. The minimum absolute atomic E-state index is 0.0405. The molecule has 0 saturated heterocycles. The first-order chi connectivity index (χ1) is 7.50. The van der Waals surface area contributed by atoms with Gasteiger partial charge in [-0.3, -0.25) is 4.79 Å². The summed E-state index contributed by atoms with van der Waals surface area (Å²) in [5, 5.41) is 0. The average Bonchev–Trinajstić information content (AvgIpc) is 2.26. The first kappa shape index (κ1) is 12.7. The lowest BCUT2D eigenvalue weighted by Gasteiger charge is -2.10. The van der Waals surface area contributed by atoms with Gasteiger partial charge in [0.2, 0.25) is 0 Å². The number of nitrogens with zero attached hydrogens (tertiary/aromatic N) is 1. The standard InChI is InChI=1S/C13H20N2O/c1-10(14)4-5-11-6-8-12(9-7-11)13(16)15(2)3/h6-10H,4-5,14H2,1-3H3. The van der Waals surface area contributed by atoms with Crippen LogP contribution < -0.4 is 5.73 Å². The van der Waals surface area contributed by atoms with Crippen LogP contribution in [-0.4, -0.2) is 30.9 Å². The number of aryl methyl sites for hydroxylation is 1. The molecule has 1 aromatic carbocycles. The molecule has 3 nitrogen and oxygen atoms in total. The van der Waals surface area contributed by atoms with Crippen LogP contribution in [0.3, 0.4) is 0 Å². The highest BCUT2D eigenvalue weighted by molar-refractivity contribution is 5.93. The normalized spacial score (nSPS) is 12.2. The van der Waals surface area contributed by atoms with Gasteiger partial charge in [0.15, 0.2) is 0 Å². The molecule has 0 aromatic heterocycles. The molecule has 0 aliphatic rings.